The highest BCUT2D eigenvalue weighted by molar-refractivity contribution is 6.00. The maximum atomic E-state index is 13.4. The third-order valence-electron chi connectivity index (χ3n) is 4.66. The third kappa shape index (κ3) is 8.20. The molecule has 0 aliphatic rings. The quantitative estimate of drug-likeness (QED) is 0.186. The molecule has 2 nitrogen and oxygen atoms in total. The van der Waals surface area contributed by atoms with E-state index in [2.05, 4.69) is 36.2 Å². The van der Waals surface area contributed by atoms with E-state index >= 15 is 0 Å². The number of halogens is 4. The van der Waals surface area contributed by atoms with Crippen molar-refractivity contribution < 1.29 is 17.6 Å². The Morgan fingerprint density at radius 1 is 0.647 bits per heavy atom. The molecular formula is C28H26F4N2. The van der Waals surface area contributed by atoms with E-state index in [0.717, 1.165) is 24.1 Å². The standard InChI is InChI=1S/C14H11F2N.C8H10.C6H5F2N/c1-10(11-6-3-2-4-7-11)17-14-12(15)8-5-9-13(14)16;1-2-8-6-4-3-5-7-8;7-4-2-1-3-5(8)6(4)9/h2-9H,1H3;3-7H,2H2,1H3;1-3H,9H2. The lowest BCUT2D eigenvalue weighted by molar-refractivity contribution is 0.587. The molecule has 0 fully saturated rings. The number of aliphatic imine (C=N–C) groups is 1. The molecule has 0 bridgehead atoms. The summed E-state index contributed by atoms with van der Waals surface area (Å²) in [6, 6.07) is 26.9. The van der Waals surface area contributed by atoms with Crippen LogP contribution in [0.25, 0.3) is 0 Å². The summed E-state index contributed by atoms with van der Waals surface area (Å²) in [4.78, 5) is 4.00. The lowest BCUT2D eigenvalue weighted by Crippen LogP contribution is -1.94. The molecule has 0 saturated heterocycles. The minimum atomic E-state index is -0.713. The number of aryl methyl sites for hydroxylation is 1. The van der Waals surface area contributed by atoms with Gasteiger partial charge in [-0.15, -0.1) is 0 Å². The molecule has 176 valence electrons. The smallest absolute Gasteiger partial charge is 0.151 e. The summed E-state index contributed by atoms with van der Waals surface area (Å²) in [6.07, 6.45) is 1.14. The van der Waals surface area contributed by atoms with E-state index in [-0.39, 0.29) is 5.69 Å². The zero-order valence-electron chi connectivity index (χ0n) is 19.0. The largest absolute Gasteiger partial charge is 0.394 e. The Balaban J connectivity index is 0.000000201. The molecule has 0 amide bonds. The van der Waals surface area contributed by atoms with Crippen molar-refractivity contribution in [2.75, 3.05) is 5.73 Å². The Kier molecular flexibility index (Phi) is 10.5. The molecule has 6 heteroatoms. The molecule has 0 heterocycles. The van der Waals surface area contributed by atoms with Crippen LogP contribution in [0.2, 0.25) is 0 Å². The average molecular weight is 467 g/mol. The zero-order chi connectivity index (χ0) is 24.9. The first-order valence-corrected chi connectivity index (χ1v) is 10.6. The highest BCUT2D eigenvalue weighted by Gasteiger charge is 2.07. The molecule has 0 spiro atoms. The van der Waals surface area contributed by atoms with Crippen molar-refractivity contribution in [1.82, 2.24) is 0 Å². The summed E-state index contributed by atoms with van der Waals surface area (Å²) in [6.45, 7) is 3.89. The second-order valence-corrected chi connectivity index (χ2v) is 7.11. The van der Waals surface area contributed by atoms with E-state index in [1.807, 2.05) is 36.4 Å². The van der Waals surface area contributed by atoms with Gasteiger partial charge in [0.1, 0.15) is 23.0 Å². The van der Waals surface area contributed by atoms with Crippen molar-refractivity contribution in [3.63, 3.8) is 0 Å². The predicted molar refractivity (Wildman–Crippen MR) is 131 cm³/mol. The van der Waals surface area contributed by atoms with Gasteiger partial charge >= 0.3 is 0 Å². The van der Waals surface area contributed by atoms with Crippen LogP contribution in [0.5, 0.6) is 0 Å². The average Bonchev–Trinajstić information content (AvgIpc) is 2.86. The summed E-state index contributed by atoms with van der Waals surface area (Å²) >= 11 is 0. The summed E-state index contributed by atoms with van der Waals surface area (Å²) in [7, 11) is 0. The number of nitrogen functional groups attached to an aromatic ring is 1. The van der Waals surface area contributed by atoms with Crippen LogP contribution in [-0.4, -0.2) is 5.71 Å². The van der Waals surface area contributed by atoms with Gasteiger partial charge in [0.15, 0.2) is 11.6 Å². The Morgan fingerprint density at radius 3 is 1.50 bits per heavy atom. The fourth-order valence-electron chi connectivity index (χ4n) is 2.73. The number of hydrogen-bond acceptors (Lipinski definition) is 2. The first-order valence-electron chi connectivity index (χ1n) is 10.6. The molecule has 4 rings (SSSR count). The van der Waals surface area contributed by atoms with Gasteiger partial charge in [0.25, 0.3) is 0 Å². The SMILES string of the molecule is CC(=Nc1c(F)cccc1F)c1ccccc1.CCc1ccccc1.Nc1c(F)cccc1F. The zero-order valence-corrected chi connectivity index (χ0v) is 19.0. The number of hydrogen-bond donors (Lipinski definition) is 1. The molecule has 2 N–H and O–H groups in total. The number of rotatable bonds is 3. The van der Waals surface area contributed by atoms with E-state index in [1.54, 1.807) is 6.92 Å². The number of nitrogens with zero attached hydrogens (tertiary/aromatic N) is 1. The lowest BCUT2D eigenvalue weighted by atomic mass is 10.1. The molecule has 4 aromatic rings. The lowest BCUT2D eigenvalue weighted by Gasteiger charge is -2.02. The van der Waals surface area contributed by atoms with Crippen LogP contribution in [0.1, 0.15) is 25.0 Å². The van der Waals surface area contributed by atoms with Crippen LogP contribution in [-0.2, 0) is 6.42 Å². The molecule has 0 radical (unpaired) electrons. The maximum absolute atomic E-state index is 13.4. The van der Waals surface area contributed by atoms with E-state index in [4.69, 9.17) is 5.73 Å². The second kappa shape index (κ2) is 13.6. The van der Waals surface area contributed by atoms with Crippen LogP contribution in [0.15, 0.2) is 102 Å². The second-order valence-electron chi connectivity index (χ2n) is 7.11. The van der Waals surface area contributed by atoms with E-state index in [0.29, 0.717) is 5.71 Å². The predicted octanol–water partition coefficient (Wildman–Crippen LogP) is 7.90. The van der Waals surface area contributed by atoms with Crippen LogP contribution in [0, 0.1) is 23.3 Å². The summed E-state index contributed by atoms with van der Waals surface area (Å²) in [5.41, 5.74) is 7.10. The van der Waals surface area contributed by atoms with Gasteiger partial charge in [-0.05, 0) is 48.7 Å². The topological polar surface area (TPSA) is 38.4 Å². The van der Waals surface area contributed by atoms with Gasteiger partial charge in [-0.1, -0.05) is 79.7 Å². The van der Waals surface area contributed by atoms with Crippen LogP contribution in [0.4, 0.5) is 28.9 Å². The Morgan fingerprint density at radius 2 is 1.09 bits per heavy atom. The Bertz CT molecular complexity index is 1150. The van der Waals surface area contributed by atoms with Gasteiger partial charge in [0.05, 0.1) is 0 Å². The van der Waals surface area contributed by atoms with Crippen molar-refractivity contribution in [3.05, 3.63) is 131 Å². The van der Waals surface area contributed by atoms with E-state index < -0.39 is 29.0 Å². The number of benzene rings is 4. The van der Waals surface area contributed by atoms with Gasteiger partial charge in [0, 0.05) is 5.71 Å². The highest BCUT2D eigenvalue weighted by atomic mass is 19.1. The van der Waals surface area contributed by atoms with Crippen molar-refractivity contribution in [2.45, 2.75) is 20.3 Å². The molecule has 0 aromatic heterocycles. The molecule has 0 atom stereocenters. The molecular weight excluding hydrogens is 440 g/mol. The Labute approximate surface area is 197 Å². The number of para-hydroxylation sites is 2. The van der Waals surface area contributed by atoms with Crippen LogP contribution < -0.4 is 5.73 Å². The molecule has 0 aliphatic carbocycles. The monoisotopic (exact) mass is 466 g/mol. The van der Waals surface area contributed by atoms with Crippen molar-refractivity contribution in [2.24, 2.45) is 4.99 Å². The number of nitrogens with two attached hydrogens (primary N) is 1. The van der Waals surface area contributed by atoms with Gasteiger partial charge in [-0.3, -0.25) is 0 Å². The first-order chi connectivity index (χ1) is 16.3. The minimum Gasteiger partial charge on any atom is -0.394 e. The molecule has 0 aliphatic heterocycles. The van der Waals surface area contributed by atoms with Crippen LogP contribution in [0.3, 0.4) is 0 Å². The Hall–Kier alpha value is -3.93. The first kappa shape index (κ1) is 26.3. The van der Waals surface area contributed by atoms with Crippen molar-refractivity contribution in [1.29, 1.82) is 0 Å². The van der Waals surface area contributed by atoms with Gasteiger partial charge in [0.2, 0.25) is 0 Å². The van der Waals surface area contributed by atoms with Gasteiger partial charge < -0.3 is 5.73 Å². The van der Waals surface area contributed by atoms with Gasteiger partial charge in [-0.2, -0.15) is 0 Å². The summed E-state index contributed by atoms with van der Waals surface area (Å²) in [5.74, 6) is -2.73. The molecule has 34 heavy (non-hydrogen) atoms. The molecule has 0 saturated carbocycles. The summed E-state index contributed by atoms with van der Waals surface area (Å²) in [5, 5.41) is 0. The van der Waals surface area contributed by atoms with E-state index in [1.165, 1.54) is 29.8 Å². The minimum absolute atomic E-state index is 0.242. The molecule has 0 unspecified atom stereocenters. The fourth-order valence-corrected chi connectivity index (χ4v) is 2.73. The van der Waals surface area contributed by atoms with Crippen molar-refractivity contribution >= 4 is 17.1 Å². The van der Waals surface area contributed by atoms with Crippen LogP contribution >= 0.6 is 0 Å². The number of anilines is 1. The fraction of sp³-hybridized carbons (Fsp3) is 0.107. The van der Waals surface area contributed by atoms with Gasteiger partial charge in [-0.25, -0.2) is 22.6 Å². The summed E-state index contributed by atoms with van der Waals surface area (Å²) < 4.78 is 51.2. The van der Waals surface area contributed by atoms with Crippen molar-refractivity contribution in [3.8, 4) is 0 Å². The molecule has 4 aromatic carbocycles. The van der Waals surface area contributed by atoms with E-state index in [9.17, 15) is 17.6 Å². The highest BCUT2D eigenvalue weighted by Crippen LogP contribution is 2.22. The maximum Gasteiger partial charge on any atom is 0.151 e. The normalized spacial score (nSPS) is 10.5. The third-order valence-corrected chi connectivity index (χ3v) is 4.66.